The number of aromatic nitrogens is 2. The van der Waals surface area contributed by atoms with Gasteiger partial charge in [-0.3, -0.25) is 0 Å². The molecule has 0 spiro atoms. The Morgan fingerprint density at radius 1 is 0.286 bits per heavy atom. The molecule has 12 aromatic rings. The van der Waals surface area contributed by atoms with Crippen LogP contribution in [0.1, 0.15) is 0 Å². The highest BCUT2D eigenvalue weighted by atomic mass is 32.1. The van der Waals surface area contributed by atoms with Crippen molar-refractivity contribution in [1.82, 2.24) is 9.13 Å². The molecule has 0 amide bonds. The van der Waals surface area contributed by atoms with Gasteiger partial charge in [-0.15, -0.1) is 45.3 Å². The third-order valence-electron chi connectivity index (χ3n) is 11.5. The van der Waals surface area contributed by atoms with Gasteiger partial charge < -0.3 is 9.13 Å². The summed E-state index contributed by atoms with van der Waals surface area (Å²) in [4.78, 5) is 5.29. The maximum atomic E-state index is 2.37. The Labute approximate surface area is 339 Å². The van der Waals surface area contributed by atoms with E-state index in [2.05, 4.69) is 181 Å². The van der Waals surface area contributed by atoms with E-state index in [4.69, 9.17) is 0 Å². The molecular formula is C50H32N2S4. The molecule has 12 rings (SSSR count). The first-order valence-electron chi connectivity index (χ1n) is 18.8. The lowest BCUT2D eigenvalue weighted by Crippen LogP contribution is -1.85. The van der Waals surface area contributed by atoms with Crippen LogP contribution in [0.4, 0.5) is 0 Å². The summed E-state index contributed by atoms with van der Waals surface area (Å²) in [6.07, 6.45) is 0. The Morgan fingerprint density at radius 3 is 0.982 bits per heavy atom. The number of hydrogen-bond donors (Lipinski definition) is 0. The lowest BCUT2D eigenvalue weighted by atomic mass is 10.0. The van der Waals surface area contributed by atoms with E-state index >= 15 is 0 Å². The molecule has 0 N–H and O–H groups in total. The van der Waals surface area contributed by atoms with Crippen LogP contribution in [0.5, 0.6) is 0 Å². The van der Waals surface area contributed by atoms with Crippen LogP contribution in [0.25, 0.3) is 115 Å². The highest BCUT2D eigenvalue weighted by Crippen LogP contribution is 2.45. The molecule has 266 valence electrons. The normalized spacial score (nSPS) is 12.1. The Morgan fingerprint density at radius 2 is 0.589 bits per heavy atom. The van der Waals surface area contributed by atoms with Gasteiger partial charge in [0.05, 0.1) is 0 Å². The van der Waals surface area contributed by atoms with Gasteiger partial charge in [0.15, 0.2) is 0 Å². The van der Waals surface area contributed by atoms with Gasteiger partial charge in [0.1, 0.15) is 0 Å². The Kier molecular flexibility index (Phi) is 7.18. The molecule has 0 bridgehead atoms. The predicted molar refractivity (Wildman–Crippen MR) is 248 cm³/mol. The summed E-state index contributed by atoms with van der Waals surface area (Å²) in [5.74, 6) is 0. The predicted octanol–water partition coefficient (Wildman–Crippen LogP) is 15.9. The van der Waals surface area contributed by atoms with Crippen LogP contribution in [0, 0.1) is 0 Å². The van der Waals surface area contributed by atoms with Gasteiger partial charge in [-0.05, 0) is 94.0 Å². The van der Waals surface area contributed by atoms with Gasteiger partial charge >= 0.3 is 0 Å². The van der Waals surface area contributed by atoms with Gasteiger partial charge in [0, 0.05) is 96.0 Å². The van der Waals surface area contributed by atoms with Gasteiger partial charge in [-0.2, -0.15) is 0 Å². The molecule has 56 heavy (non-hydrogen) atoms. The Balaban J connectivity index is 0.769. The fourth-order valence-electron chi connectivity index (χ4n) is 8.54. The summed E-state index contributed by atoms with van der Waals surface area (Å²) in [5, 5.41) is 5.27. The van der Waals surface area contributed by atoms with Crippen molar-refractivity contribution in [3.05, 3.63) is 158 Å². The lowest BCUT2D eigenvalue weighted by Gasteiger charge is -2.05. The van der Waals surface area contributed by atoms with E-state index in [0.717, 1.165) is 0 Å². The molecule has 0 aliphatic carbocycles. The second-order valence-electron chi connectivity index (χ2n) is 14.7. The van der Waals surface area contributed by atoms with E-state index in [1.165, 1.54) is 115 Å². The number of fused-ring (bicyclic) bond motifs is 8. The largest absolute Gasteiger partial charge is 0.344 e. The average Bonchev–Trinajstić information content (AvgIpc) is 4.09. The highest BCUT2D eigenvalue weighted by molar-refractivity contribution is 7.31. The zero-order valence-corrected chi connectivity index (χ0v) is 33.8. The smallest absolute Gasteiger partial charge is 0.0489 e. The van der Waals surface area contributed by atoms with E-state index in [1.54, 1.807) is 0 Å². The van der Waals surface area contributed by atoms with Gasteiger partial charge in [0.25, 0.3) is 0 Å². The number of nitrogens with zero attached hydrogens (tertiary/aromatic N) is 2. The van der Waals surface area contributed by atoms with Crippen LogP contribution >= 0.6 is 45.3 Å². The molecule has 6 heterocycles. The second kappa shape index (κ2) is 12.4. The summed E-state index contributed by atoms with van der Waals surface area (Å²) in [6.45, 7) is 0. The number of thiophene rings is 4. The molecule has 0 radical (unpaired) electrons. The van der Waals surface area contributed by atoms with Crippen molar-refractivity contribution in [2.45, 2.75) is 0 Å². The molecule has 0 aliphatic rings. The molecule has 0 atom stereocenters. The molecule has 0 saturated heterocycles. The maximum absolute atomic E-state index is 2.37. The van der Waals surface area contributed by atoms with Gasteiger partial charge in [0.2, 0.25) is 0 Å². The van der Waals surface area contributed by atoms with Crippen LogP contribution in [0.15, 0.2) is 158 Å². The molecule has 2 nitrogen and oxygen atoms in total. The molecular weight excluding hydrogens is 757 g/mol. The molecule has 0 aliphatic heterocycles. The van der Waals surface area contributed by atoms with Gasteiger partial charge in [-0.1, -0.05) is 97.1 Å². The monoisotopic (exact) mass is 788 g/mol. The summed E-state index contributed by atoms with van der Waals surface area (Å²) >= 11 is 7.56. The topological polar surface area (TPSA) is 9.86 Å². The standard InChI is InChI=1S/C50H32N2S4/c1-51-39-9-5-3-7-35(39)37-23-33(19-21-41(37)51)45-27-49-47(55-45)25-43(53-49)31-15-11-29(12-16-31)30-13-17-32(18-14-30)44-26-48-50(54-44)28-46(56-48)34-20-22-42-38(24-34)36-8-4-6-10-40(36)52(42)2/h3-28H,1-2H3. The summed E-state index contributed by atoms with van der Waals surface area (Å²) in [6, 6.07) is 58.9. The van der Waals surface area contributed by atoms with Crippen molar-refractivity contribution in [1.29, 1.82) is 0 Å². The zero-order chi connectivity index (χ0) is 37.1. The molecule has 0 saturated carbocycles. The van der Waals surface area contributed by atoms with Crippen LogP contribution in [0.2, 0.25) is 0 Å². The van der Waals surface area contributed by atoms with Crippen molar-refractivity contribution < 1.29 is 0 Å². The van der Waals surface area contributed by atoms with Crippen molar-refractivity contribution in [2.75, 3.05) is 0 Å². The van der Waals surface area contributed by atoms with Crippen LogP contribution < -0.4 is 0 Å². The lowest BCUT2D eigenvalue weighted by molar-refractivity contribution is 1.01. The summed E-state index contributed by atoms with van der Waals surface area (Å²) < 4.78 is 10.00. The Hall–Kier alpha value is -5.76. The minimum atomic E-state index is 1.24. The van der Waals surface area contributed by atoms with Crippen molar-refractivity contribution in [3.63, 3.8) is 0 Å². The minimum absolute atomic E-state index is 1.24. The van der Waals surface area contributed by atoms with Gasteiger partial charge in [-0.25, -0.2) is 0 Å². The molecule has 0 unspecified atom stereocenters. The first-order chi connectivity index (χ1) is 27.5. The minimum Gasteiger partial charge on any atom is -0.344 e. The van der Waals surface area contributed by atoms with E-state index in [-0.39, 0.29) is 0 Å². The fraction of sp³-hybridized carbons (Fsp3) is 0.0400. The molecule has 6 aromatic carbocycles. The zero-order valence-electron chi connectivity index (χ0n) is 30.5. The van der Waals surface area contributed by atoms with E-state index < -0.39 is 0 Å². The van der Waals surface area contributed by atoms with Crippen LogP contribution in [-0.4, -0.2) is 9.13 Å². The van der Waals surface area contributed by atoms with Crippen LogP contribution in [-0.2, 0) is 14.1 Å². The number of rotatable bonds is 5. The molecule has 6 heteroatoms. The molecule has 0 fully saturated rings. The molecule has 6 aromatic heterocycles. The quantitative estimate of drug-likeness (QED) is 0.164. The number of para-hydroxylation sites is 2. The van der Waals surface area contributed by atoms with Crippen LogP contribution in [0.3, 0.4) is 0 Å². The first kappa shape index (κ1) is 32.5. The number of hydrogen-bond acceptors (Lipinski definition) is 4. The Bertz CT molecular complexity index is 3190. The average molecular weight is 789 g/mol. The van der Waals surface area contributed by atoms with E-state index in [9.17, 15) is 0 Å². The number of benzene rings is 6. The SMILES string of the molecule is Cn1c2ccccc2c2cc(-c3cc4sc(-c5ccc(-c6ccc(-c7cc8sc(-c9ccc%10c(c9)c9ccccc9n%10C)cc8s7)cc6)cc5)cc4s3)ccc21. The van der Waals surface area contributed by atoms with E-state index in [1.807, 2.05) is 45.3 Å². The van der Waals surface area contributed by atoms with E-state index in [0.29, 0.717) is 0 Å². The third-order valence-corrected chi connectivity index (χ3v) is 16.3. The van der Waals surface area contributed by atoms with Crippen molar-refractivity contribution in [2.24, 2.45) is 14.1 Å². The van der Waals surface area contributed by atoms with Crippen molar-refractivity contribution in [3.8, 4) is 52.9 Å². The highest BCUT2D eigenvalue weighted by Gasteiger charge is 2.15. The maximum Gasteiger partial charge on any atom is 0.0489 e. The third kappa shape index (κ3) is 5.03. The first-order valence-corrected chi connectivity index (χ1v) is 22.0. The summed E-state index contributed by atoms with van der Waals surface area (Å²) in [5.41, 5.74) is 12.7. The second-order valence-corrected chi connectivity index (χ2v) is 19.0. The number of aryl methyl sites for hydroxylation is 2. The fourth-order valence-corrected chi connectivity index (χ4v) is 13.3. The summed E-state index contributed by atoms with van der Waals surface area (Å²) in [7, 11) is 4.32. The van der Waals surface area contributed by atoms with Crippen molar-refractivity contribution >= 4 is 108 Å².